The molecule has 1 unspecified atom stereocenters. The van der Waals surface area contributed by atoms with Crippen LogP contribution in [-0.4, -0.2) is 37.2 Å². The lowest BCUT2D eigenvalue weighted by Gasteiger charge is -2.18. The van der Waals surface area contributed by atoms with Crippen molar-refractivity contribution < 1.29 is 28.6 Å². The molecule has 0 amide bonds. The number of carbonyl (C=O) groups excluding carboxylic acids is 3. The van der Waals surface area contributed by atoms with Crippen LogP contribution in [0.5, 0.6) is 0 Å². The summed E-state index contributed by atoms with van der Waals surface area (Å²) in [4.78, 5) is 38.2. The van der Waals surface area contributed by atoms with E-state index in [2.05, 4.69) is 20.8 Å². The molecular weight excluding hydrogens is 937 g/mol. The first-order valence-corrected chi connectivity index (χ1v) is 35.0. The highest BCUT2D eigenvalue weighted by Gasteiger charge is 2.19. The van der Waals surface area contributed by atoms with Crippen molar-refractivity contribution in [2.75, 3.05) is 13.2 Å². The van der Waals surface area contributed by atoms with Gasteiger partial charge in [-0.15, -0.1) is 0 Å². The maximum absolute atomic E-state index is 12.9. The minimum atomic E-state index is -0.762. The number of unbranched alkanes of at least 4 members (excludes halogenated alkanes) is 55. The van der Waals surface area contributed by atoms with Crippen LogP contribution in [0.15, 0.2) is 0 Å². The molecule has 0 aliphatic rings. The molecule has 0 aliphatic heterocycles. The Kier molecular flexibility index (Phi) is 64.5. The van der Waals surface area contributed by atoms with Gasteiger partial charge in [-0.25, -0.2) is 0 Å². The van der Waals surface area contributed by atoms with Crippen LogP contribution in [0.1, 0.15) is 412 Å². The number of hydrogen-bond donors (Lipinski definition) is 0. The van der Waals surface area contributed by atoms with E-state index >= 15 is 0 Å². The van der Waals surface area contributed by atoms with Gasteiger partial charge in [0, 0.05) is 19.3 Å². The Bertz CT molecular complexity index is 1140. The average molecular weight is 1070 g/mol. The standard InChI is InChI=1S/C70H136O6/c1-4-7-10-13-16-19-21-23-25-27-29-31-33-35-37-39-41-43-45-47-49-51-54-57-60-63-69(72)75-66-67(65-74-68(71)62-59-56-53-18-15-12-9-6-3)76-70(73)64-61-58-55-52-50-48-46-44-42-40-38-36-34-32-30-28-26-24-22-20-17-14-11-8-5-2/h67H,4-66H2,1-3H3. The van der Waals surface area contributed by atoms with Crippen LogP contribution in [0.4, 0.5) is 0 Å². The first-order valence-electron chi connectivity index (χ1n) is 35.0. The van der Waals surface area contributed by atoms with Gasteiger partial charge < -0.3 is 14.2 Å². The van der Waals surface area contributed by atoms with Gasteiger partial charge in [0.05, 0.1) is 0 Å². The topological polar surface area (TPSA) is 78.9 Å². The van der Waals surface area contributed by atoms with Crippen molar-refractivity contribution in [3.05, 3.63) is 0 Å². The molecule has 0 heterocycles. The molecular formula is C70H136O6. The summed E-state index contributed by atoms with van der Waals surface area (Å²) in [7, 11) is 0. The van der Waals surface area contributed by atoms with Crippen molar-refractivity contribution >= 4 is 17.9 Å². The Morgan fingerprint density at radius 3 is 0.526 bits per heavy atom. The molecule has 0 aromatic rings. The van der Waals surface area contributed by atoms with Crippen LogP contribution in [0.25, 0.3) is 0 Å². The zero-order valence-corrected chi connectivity index (χ0v) is 52.1. The molecule has 0 spiro atoms. The smallest absolute Gasteiger partial charge is 0.306 e. The number of hydrogen-bond acceptors (Lipinski definition) is 6. The zero-order valence-electron chi connectivity index (χ0n) is 52.1. The highest BCUT2D eigenvalue weighted by atomic mass is 16.6. The molecule has 0 saturated carbocycles. The zero-order chi connectivity index (χ0) is 55.0. The predicted molar refractivity (Wildman–Crippen MR) is 330 cm³/mol. The van der Waals surface area contributed by atoms with Crippen LogP contribution < -0.4 is 0 Å². The summed E-state index contributed by atoms with van der Waals surface area (Å²) in [6, 6.07) is 0. The third kappa shape index (κ3) is 63.2. The molecule has 0 aromatic carbocycles. The molecule has 0 radical (unpaired) electrons. The summed E-state index contributed by atoms with van der Waals surface area (Å²) in [6.07, 6.45) is 77.3. The Labute approximate surface area is 476 Å². The van der Waals surface area contributed by atoms with Crippen molar-refractivity contribution in [2.24, 2.45) is 0 Å². The second-order valence-corrected chi connectivity index (χ2v) is 24.2. The largest absolute Gasteiger partial charge is 0.462 e. The van der Waals surface area contributed by atoms with Crippen molar-refractivity contribution in [3.63, 3.8) is 0 Å². The van der Waals surface area contributed by atoms with Gasteiger partial charge in [0.15, 0.2) is 6.10 Å². The van der Waals surface area contributed by atoms with Crippen LogP contribution in [0, 0.1) is 0 Å². The van der Waals surface area contributed by atoms with Crippen molar-refractivity contribution in [2.45, 2.75) is 419 Å². The molecule has 0 saturated heterocycles. The molecule has 0 rings (SSSR count). The maximum Gasteiger partial charge on any atom is 0.306 e. The van der Waals surface area contributed by atoms with Crippen LogP contribution in [-0.2, 0) is 28.6 Å². The van der Waals surface area contributed by atoms with E-state index in [9.17, 15) is 14.4 Å². The van der Waals surface area contributed by atoms with Gasteiger partial charge in [-0.3, -0.25) is 14.4 Å². The summed E-state index contributed by atoms with van der Waals surface area (Å²) in [6.45, 7) is 6.71. The second kappa shape index (κ2) is 65.9. The molecule has 452 valence electrons. The first kappa shape index (κ1) is 74.4. The predicted octanol–water partition coefficient (Wildman–Crippen LogP) is 23.8. The van der Waals surface area contributed by atoms with Crippen molar-refractivity contribution in [3.8, 4) is 0 Å². The first-order chi connectivity index (χ1) is 37.5. The molecule has 0 aliphatic carbocycles. The molecule has 0 fully saturated rings. The number of carbonyl (C=O) groups is 3. The third-order valence-corrected chi connectivity index (χ3v) is 16.4. The second-order valence-electron chi connectivity index (χ2n) is 24.2. The SMILES string of the molecule is CCCCCCCCCCCCCCCCCCCCCCCCCCCC(=O)OCC(COC(=O)CCCCCCCCCC)OC(=O)CCCCCCCCCCCCCCCCCCCCCCCCCCC. The van der Waals surface area contributed by atoms with Gasteiger partial charge in [0.25, 0.3) is 0 Å². The lowest BCUT2D eigenvalue weighted by molar-refractivity contribution is -0.167. The lowest BCUT2D eigenvalue weighted by atomic mass is 10.0. The van der Waals surface area contributed by atoms with Gasteiger partial charge in [-0.05, 0) is 19.3 Å². The Morgan fingerprint density at radius 1 is 0.211 bits per heavy atom. The highest BCUT2D eigenvalue weighted by molar-refractivity contribution is 5.71. The van der Waals surface area contributed by atoms with E-state index in [1.807, 2.05) is 0 Å². The number of rotatable bonds is 66. The molecule has 0 N–H and O–H groups in total. The van der Waals surface area contributed by atoms with Gasteiger partial charge in [0.1, 0.15) is 13.2 Å². The van der Waals surface area contributed by atoms with Crippen LogP contribution >= 0.6 is 0 Å². The fourth-order valence-corrected chi connectivity index (χ4v) is 11.1. The van der Waals surface area contributed by atoms with Gasteiger partial charge in [-0.1, -0.05) is 374 Å². The minimum Gasteiger partial charge on any atom is -0.462 e. The van der Waals surface area contributed by atoms with Crippen LogP contribution in [0.3, 0.4) is 0 Å². The van der Waals surface area contributed by atoms with Gasteiger partial charge in [0.2, 0.25) is 0 Å². The molecule has 6 nitrogen and oxygen atoms in total. The van der Waals surface area contributed by atoms with Crippen LogP contribution in [0.2, 0.25) is 0 Å². The number of ether oxygens (including phenoxy) is 3. The number of esters is 3. The summed E-state index contributed by atoms with van der Waals surface area (Å²) in [5, 5.41) is 0. The van der Waals surface area contributed by atoms with E-state index in [4.69, 9.17) is 14.2 Å². The van der Waals surface area contributed by atoms with E-state index in [1.165, 1.54) is 315 Å². The van der Waals surface area contributed by atoms with E-state index in [0.717, 1.165) is 57.8 Å². The fourth-order valence-electron chi connectivity index (χ4n) is 11.1. The summed E-state index contributed by atoms with van der Waals surface area (Å²) in [5.74, 6) is -0.830. The monoisotopic (exact) mass is 1070 g/mol. The molecule has 1 atom stereocenters. The van der Waals surface area contributed by atoms with E-state index in [1.54, 1.807) is 0 Å². The van der Waals surface area contributed by atoms with Gasteiger partial charge >= 0.3 is 17.9 Å². The van der Waals surface area contributed by atoms with E-state index < -0.39 is 6.10 Å². The molecule has 6 heteroatoms. The highest BCUT2D eigenvalue weighted by Crippen LogP contribution is 2.19. The van der Waals surface area contributed by atoms with E-state index in [-0.39, 0.29) is 31.1 Å². The molecule has 76 heavy (non-hydrogen) atoms. The van der Waals surface area contributed by atoms with Gasteiger partial charge in [-0.2, -0.15) is 0 Å². The Balaban J connectivity index is 4.04. The average Bonchev–Trinajstić information content (AvgIpc) is 3.42. The normalized spacial score (nSPS) is 11.9. The summed E-state index contributed by atoms with van der Waals surface area (Å²) >= 11 is 0. The maximum atomic E-state index is 12.9. The Morgan fingerprint density at radius 2 is 0.355 bits per heavy atom. The summed E-state index contributed by atoms with van der Waals surface area (Å²) < 4.78 is 16.9. The minimum absolute atomic E-state index is 0.0610. The van der Waals surface area contributed by atoms with Crippen molar-refractivity contribution in [1.29, 1.82) is 0 Å². The summed E-state index contributed by atoms with van der Waals surface area (Å²) in [5.41, 5.74) is 0. The Hall–Kier alpha value is -1.59. The molecule has 0 aromatic heterocycles. The molecule has 0 bridgehead atoms. The van der Waals surface area contributed by atoms with Crippen molar-refractivity contribution in [1.82, 2.24) is 0 Å². The lowest BCUT2D eigenvalue weighted by Crippen LogP contribution is -2.30. The van der Waals surface area contributed by atoms with E-state index in [0.29, 0.717) is 19.3 Å². The quantitative estimate of drug-likeness (QED) is 0.0343. The third-order valence-electron chi connectivity index (χ3n) is 16.4. The fraction of sp³-hybridized carbons (Fsp3) is 0.957.